The Morgan fingerprint density at radius 3 is 2.11 bits per heavy atom. The van der Waals surface area contributed by atoms with Crippen molar-refractivity contribution in [1.29, 1.82) is 0 Å². The van der Waals surface area contributed by atoms with Gasteiger partial charge in [-0.3, -0.25) is 0 Å². The van der Waals surface area contributed by atoms with E-state index in [0.29, 0.717) is 0 Å². The summed E-state index contributed by atoms with van der Waals surface area (Å²) in [5.41, 5.74) is 0. The molecule has 2 unspecified atom stereocenters. The first-order chi connectivity index (χ1) is 4.43. The highest BCUT2D eigenvalue weighted by Gasteiger charge is 2.49. The smallest absolute Gasteiger partial charge is 0.0127 e. The van der Waals surface area contributed by atoms with Crippen LogP contribution in [0.2, 0.25) is 0 Å². The average Bonchev–Trinajstić information content (AvgIpc) is 2.60. The summed E-state index contributed by atoms with van der Waals surface area (Å²) in [5.74, 6) is 2.15. The summed E-state index contributed by atoms with van der Waals surface area (Å²) >= 11 is 0. The maximum Gasteiger partial charge on any atom is 0.0127 e. The highest BCUT2D eigenvalue weighted by molar-refractivity contribution is 5.03. The van der Waals surface area contributed by atoms with E-state index in [9.17, 15) is 0 Å². The van der Waals surface area contributed by atoms with Gasteiger partial charge in [-0.25, -0.2) is 0 Å². The summed E-state index contributed by atoms with van der Waals surface area (Å²) in [4.78, 5) is 0. The minimum atomic E-state index is 0.910. The number of rotatable bonds is 1. The Morgan fingerprint density at radius 1 is 1.11 bits per heavy atom. The van der Waals surface area contributed by atoms with Crippen LogP contribution in [0.1, 0.15) is 25.7 Å². The van der Waals surface area contributed by atoms with Crippen LogP contribution in [-0.4, -0.2) is 13.1 Å². The van der Waals surface area contributed by atoms with Crippen molar-refractivity contribution in [3.05, 3.63) is 0 Å². The molecule has 0 saturated heterocycles. The van der Waals surface area contributed by atoms with E-state index in [1.54, 1.807) is 0 Å². The van der Waals surface area contributed by atoms with Gasteiger partial charge in [0.1, 0.15) is 0 Å². The van der Waals surface area contributed by atoms with Crippen molar-refractivity contribution in [2.75, 3.05) is 7.05 Å². The van der Waals surface area contributed by atoms with Crippen molar-refractivity contribution in [2.45, 2.75) is 31.7 Å². The van der Waals surface area contributed by atoms with Crippen LogP contribution in [0.3, 0.4) is 0 Å². The molecule has 1 heteroatoms. The van der Waals surface area contributed by atoms with E-state index in [4.69, 9.17) is 0 Å². The quantitative estimate of drug-likeness (QED) is 0.558. The van der Waals surface area contributed by atoms with E-state index < -0.39 is 0 Å². The van der Waals surface area contributed by atoms with Crippen molar-refractivity contribution in [2.24, 2.45) is 11.8 Å². The highest BCUT2D eigenvalue weighted by atomic mass is 15.0. The van der Waals surface area contributed by atoms with E-state index in [1.807, 2.05) is 0 Å². The Balaban J connectivity index is 1.91. The van der Waals surface area contributed by atoms with Crippen LogP contribution >= 0.6 is 0 Å². The topological polar surface area (TPSA) is 12.0 Å². The Morgan fingerprint density at radius 2 is 1.67 bits per heavy atom. The summed E-state index contributed by atoms with van der Waals surface area (Å²) in [6, 6.07) is 0.910. The fraction of sp³-hybridized carbons (Fsp3) is 1.00. The van der Waals surface area contributed by atoms with Gasteiger partial charge in [-0.1, -0.05) is 12.8 Å². The molecule has 2 aliphatic carbocycles. The third-order valence-electron chi connectivity index (χ3n) is 2.99. The third-order valence-corrected chi connectivity index (χ3v) is 2.99. The predicted octanol–water partition coefficient (Wildman–Crippen LogP) is 1.39. The van der Waals surface area contributed by atoms with Gasteiger partial charge in [0, 0.05) is 6.04 Å². The highest BCUT2D eigenvalue weighted by Crippen LogP contribution is 2.49. The Hall–Kier alpha value is -0.0400. The SMILES string of the molecule is CNC1C2CCCCC21. The number of fused-ring (bicyclic) bond motifs is 1. The average molecular weight is 125 g/mol. The first-order valence-corrected chi connectivity index (χ1v) is 4.11. The van der Waals surface area contributed by atoms with Gasteiger partial charge in [0.05, 0.1) is 0 Å². The van der Waals surface area contributed by atoms with Gasteiger partial charge in [-0.05, 0) is 31.7 Å². The lowest BCUT2D eigenvalue weighted by molar-refractivity contribution is 0.480. The second-order valence-electron chi connectivity index (χ2n) is 3.43. The van der Waals surface area contributed by atoms with Crippen molar-refractivity contribution < 1.29 is 0 Å². The van der Waals surface area contributed by atoms with Gasteiger partial charge in [0.15, 0.2) is 0 Å². The summed E-state index contributed by atoms with van der Waals surface area (Å²) in [6.07, 6.45) is 5.96. The maximum absolute atomic E-state index is 3.38. The molecule has 0 spiro atoms. The van der Waals surface area contributed by atoms with E-state index >= 15 is 0 Å². The lowest BCUT2D eigenvalue weighted by Gasteiger charge is -2.04. The Kier molecular flexibility index (Phi) is 1.26. The molecule has 2 aliphatic rings. The lowest BCUT2D eigenvalue weighted by atomic mass is 10.0. The summed E-state index contributed by atoms with van der Waals surface area (Å²) < 4.78 is 0. The largest absolute Gasteiger partial charge is 0.316 e. The summed E-state index contributed by atoms with van der Waals surface area (Å²) in [5, 5.41) is 3.38. The monoisotopic (exact) mass is 125 g/mol. The molecule has 0 amide bonds. The van der Waals surface area contributed by atoms with Crippen LogP contribution in [-0.2, 0) is 0 Å². The fourth-order valence-electron chi connectivity index (χ4n) is 2.42. The van der Waals surface area contributed by atoms with Crippen molar-refractivity contribution in [1.82, 2.24) is 5.32 Å². The van der Waals surface area contributed by atoms with Crippen molar-refractivity contribution in [3.8, 4) is 0 Å². The number of hydrogen-bond acceptors (Lipinski definition) is 1. The molecule has 2 fully saturated rings. The second-order valence-corrected chi connectivity index (χ2v) is 3.43. The van der Waals surface area contributed by atoms with Gasteiger partial charge in [-0.2, -0.15) is 0 Å². The molecule has 0 radical (unpaired) electrons. The normalized spacial score (nSPS) is 48.3. The molecule has 1 N–H and O–H groups in total. The van der Waals surface area contributed by atoms with Crippen LogP contribution in [0.4, 0.5) is 0 Å². The molecule has 0 aromatic rings. The predicted molar refractivity (Wildman–Crippen MR) is 38.3 cm³/mol. The Bertz CT molecular complexity index is 92.4. The summed E-state index contributed by atoms with van der Waals surface area (Å²) in [6.45, 7) is 0. The van der Waals surface area contributed by atoms with E-state index in [1.165, 1.54) is 25.7 Å². The van der Waals surface area contributed by atoms with E-state index in [2.05, 4.69) is 12.4 Å². The standard InChI is InChI=1S/C8H15N/c1-9-8-6-4-2-3-5-7(6)8/h6-9H,2-5H2,1H3. The molecule has 0 aliphatic heterocycles. The zero-order valence-corrected chi connectivity index (χ0v) is 6.06. The van der Waals surface area contributed by atoms with E-state index in [-0.39, 0.29) is 0 Å². The molecular weight excluding hydrogens is 110 g/mol. The molecule has 9 heavy (non-hydrogen) atoms. The molecule has 2 atom stereocenters. The molecule has 0 bridgehead atoms. The van der Waals surface area contributed by atoms with Gasteiger partial charge >= 0.3 is 0 Å². The van der Waals surface area contributed by atoms with Gasteiger partial charge in [-0.15, -0.1) is 0 Å². The third kappa shape index (κ3) is 0.787. The first kappa shape index (κ1) is 5.72. The van der Waals surface area contributed by atoms with Crippen LogP contribution in [0, 0.1) is 11.8 Å². The fourth-order valence-corrected chi connectivity index (χ4v) is 2.42. The molecule has 1 nitrogen and oxygen atoms in total. The Labute approximate surface area is 56.8 Å². The molecule has 2 saturated carbocycles. The molecule has 0 heterocycles. The molecule has 2 rings (SSSR count). The van der Waals surface area contributed by atoms with Crippen LogP contribution < -0.4 is 5.32 Å². The number of nitrogens with one attached hydrogen (secondary N) is 1. The zero-order chi connectivity index (χ0) is 6.27. The zero-order valence-electron chi connectivity index (χ0n) is 6.06. The minimum Gasteiger partial charge on any atom is -0.316 e. The second kappa shape index (κ2) is 1.98. The maximum atomic E-state index is 3.38. The van der Waals surface area contributed by atoms with Crippen LogP contribution in [0.25, 0.3) is 0 Å². The van der Waals surface area contributed by atoms with Gasteiger partial charge in [0.2, 0.25) is 0 Å². The first-order valence-electron chi connectivity index (χ1n) is 4.11. The van der Waals surface area contributed by atoms with Gasteiger partial charge < -0.3 is 5.32 Å². The van der Waals surface area contributed by atoms with E-state index in [0.717, 1.165) is 17.9 Å². The number of hydrogen-bond donors (Lipinski definition) is 1. The molecule has 52 valence electrons. The van der Waals surface area contributed by atoms with Crippen LogP contribution in [0.15, 0.2) is 0 Å². The van der Waals surface area contributed by atoms with Crippen LogP contribution in [0.5, 0.6) is 0 Å². The van der Waals surface area contributed by atoms with Gasteiger partial charge in [0.25, 0.3) is 0 Å². The molecule has 0 aromatic carbocycles. The minimum absolute atomic E-state index is 0.910. The summed E-state index contributed by atoms with van der Waals surface area (Å²) in [7, 11) is 2.10. The van der Waals surface area contributed by atoms with Crippen molar-refractivity contribution in [3.63, 3.8) is 0 Å². The molecule has 0 aromatic heterocycles. The van der Waals surface area contributed by atoms with Crippen molar-refractivity contribution >= 4 is 0 Å². The molecular formula is C8H15N. The lowest BCUT2D eigenvalue weighted by Crippen LogP contribution is -2.11.